The summed E-state index contributed by atoms with van der Waals surface area (Å²) in [5.74, 6) is 0.243. The zero-order chi connectivity index (χ0) is 15.6. The van der Waals surface area contributed by atoms with Crippen molar-refractivity contribution in [2.45, 2.75) is 27.2 Å². The molecule has 2 amide bonds. The molecule has 0 bridgehead atoms. The van der Waals surface area contributed by atoms with Crippen molar-refractivity contribution in [3.05, 3.63) is 24.0 Å². The van der Waals surface area contributed by atoms with Crippen molar-refractivity contribution in [2.75, 3.05) is 26.2 Å². The number of aromatic nitrogens is 1. The van der Waals surface area contributed by atoms with Gasteiger partial charge in [0.2, 0.25) is 5.91 Å². The van der Waals surface area contributed by atoms with E-state index in [1.54, 1.807) is 0 Å². The molecule has 1 saturated heterocycles. The predicted octanol–water partition coefficient (Wildman–Crippen LogP) is 1.75. The number of hydrogen-bond donors (Lipinski definition) is 0. The van der Waals surface area contributed by atoms with E-state index in [2.05, 4.69) is 20.8 Å². The van der Waals surface area contributed by atoms with Crippen molar-refractivity contribution in [1.82, 2.24) is 14.4 Å². The van der Waals surface area contributed by atoms with Gasteiger partial charge in [-0.15, -0.1) is 0 Å². The molecule has 0 unspecified atom stereocenters. The lowest BCUT2D eigenvalue weighted by atomic mass is 9.91. The van der Waals surface area contributed by atoms with E-state index >= 15 is 0 Å². The van der Waals surface area contributed by atoms with Gasteiger partial charge in [0, 0.05) is 52.0 Å². The van der Waals surface area contributed by atoms with Crippen molar-refractivity contribution in [2.24, 2.45) is 12.5 Å². The first-order chi connectivity index (χ1) is 9.76. The fourth-order valence-corrected chi connectivity index (χ4v) is 2.54. The van der Waals surface area contributed by atoms with Crippen LogP contribution in [-0.2, 0) is 11.8 Å². The monoisotopic (exact) mass is 291 g/mol. The number of aryl methyl sites for hydroxylation is 1. The number of amides is 2. The highest BCUT2D eigenvalue weighted by atomic mass is 16.2. The van der Waals surface area contributed by atoms with Crippen LogP contribution in [0, 0.1) is 5.41 Å². The number of hydrogen-bond acceptors (Lipinski definition) is 2. The molecule has 5 nitrogen and oxygen atoms in total. The largest absolute Gasteiger partial charge is 0.356 e. The van der Waals surface area contributed by atoms with Crippen LogP contribution in [0.2, 0.25) is 0 Å². The van der Waals surface area contributed by atoms with Crippen LogP contribution in [-0.4, -0.2) is 52.4 Å². The summed E-state index contributed by atoms with van der Waals surface area (Å²) in [5.41, 5.74) is 0.723. The maximum absolute atomic E-state index is 12.3. The molecule has 2 heterocycles. The maximum atomic E-state index is 12.3. The van der Waals surface area contributed by atoms with Crippen molar-refractivity contribution in [3.63, 3.8) is 0 Å². The van der Waals surface area contributed by atoms with E-state index in [9.17, 15) is 9.59 Å². The normalized spacial score (nSPS) is 16.2. The van der Waals surface area contributed by atoms with Crippen LogP contribution in [0.25, 0.3) is 0 Å². The van der Waals surface area contributed by atoms with Crippen LogP contribution in [0.1, 0.15) is 37.6 Å². The fourth-order valence-electron chi connectivity index (χ4n) is 2.54. The third-order valence-electron chi connectivity index (χ3n) is 3.68. The van der Waals surface area contributed by atoms with E-state index in [4.69, 9.17) is 0 Å². The Labute approximate surface area is 126 Å². The lowest BCUT2D eigenvalue weighted by Crippen LogP contribution is -2.51. The SMILES string of the molecule is Cn1ccc(C(=O)N2CCN(C(=O)CC(C)(C)C)CC2)c1. The molecule has 0 aromatic carbocycles. The zero-order valence-electron chi connectivity index (χ0n) is 13.4. The van der Waals surface area contributed by atoms with Gasteiger partial charge in [0.1, 0.15) is 0 Å². The highest BCUT2D eigenvalue weighted by molar-refractivity contribution is 5.94. The van der Waals surface area contributed by atoms with Gasteiger partial charge in [-0.05, 0) is 11.5 Å². The summed E-state index contributed by atoms with van der Waals surface area (Å²) >= 11 is 0. The Kier molecular flexibility index (Phi) is 4.40. The molecule has 0 atom stereocenters. The molecule has 116 valence electrons. The van der Waals surface area contributed by atoms with Crippen LogP contribution in [0.4, 0.5) is 0 Å². The number of nitrogens with zero attached hydrogens (tertiary/aromatic N) is 3. The minimum absolute atomic E-state index is 0.00801. The summed E-state index contributed by atoms with van der Waals surface area (Å²) in [4.78, 5) is 28.2. The summed E-state index contributed by atoms with van der Waals surface area (Å²) in [5, 5.41) is 0. The minimum atomic E-state index is 0.00801. The van der Waals surface area contributed by atoms with E-state index in [1.807, 2.05) is 39.9 Å². The van der Waals surface area contributed by atoms with E-state index in [0.29, 0.717) is 38.2 Å². The van der Waals surface area contributed by atoms with Crippen molar-refractivity contribution >= 4 is 11.8 Å². The van der Waals surface area contributed by atoms with Crippen molar-refractivity contribution in [3.8, 4) is 0 Å². The van der Waals surface area contributed by atoms with E-state index in [-0.39, 0.29) is 17.2 Å². The lowest BCUT2D eigenvalue weighted by molar-refractivity contribution is -0.134. The van der Waals surface area contributed by atoms with Crippen LogP contribution < -0.4 is 0 Å². The molecule has 1 aromatic heterocycles. The molecule has 1 fully saturated rings. The molecule has 1 aliphatic rings. The minimum Gasteiger partial charge on any atom is -0.356 e. The van der Waals surface area contributed by atoms with E-state index in [1.165, 1.54) is 0 Å². The predicted molar refractivity (Wildman–Crippen MR) is 82.0 cm³/mol. The van der Waals surface area contributed by atoms with Gasteiger partial charge in [-0.25, -0.2) is 0 Å². The topological polar surface area (TPSA) is 45.6 Å². The molecule has 2 rings (SSSR count). The third-order valence-corrected chi connectivity index (χ3v) is 3.68. The van der Waals surface area contributed by atoms with Crippen LogP contribution in [0.15, 0.2) is 18.5 Å². The standard InChI is InChI=1S/C16H25N3O2/c1-16(2,3)11-14(20)18-7-9-19(10-8-18)15(21)13-5-6-17(4)12-13/h5-6,12H,7-11H2,1-4H3. The molecular weight excluding hydrogens is 266 g/mol. The van der Waals surface area contributed by atoms with Gasteiger partial charge in [-0.3, -0.25) is 9.59 Å². The van der Waals surface area contributed by atoms with Crippen LogP contribution in [0.3, 0.4) is 0 Å². The molecule has 0 spiro atoms. The van der Waals surface area contributed by atoms with Gasteiger partial charge in [0.15, 0.2) is 0 Å². The second kappa shape index (κ2) is 5.92. The molecule has 0 radical (unpaired) electrons. The molecule has 21 heavy (non-hydrogen) atoms. The Balaban J connectivity index is 1.88. The van der Waals surface area contributed by atoms with Crippen LogP contribution >= 0.6 is 0 Å². The van der Waals surface area contributed by atoms with E-state index < -0.39 is 0 Å². The maximum Gasteiger partial charge on any atom is 0.255 e. The summed E-state index contributed by atoms with van der Waals surface area (Å²) in [7, 11) is 1.90. The quantitative estimate of drug-likeness (QED) is 0.833. The molecule has 0 aliphatic carbocycles. The Bertz CT molecular complexity index is 520. The fraction of sp³-hybridized carbons (Fsp3) is 0.625. The molecule has 1 aliphatic heterocycles. The Morgan fingerprint density at radius 2 is 1.67 bits per heavy atom. The Morgan fingerprint density at radius 1 is 1.10 bits per heavy atom. The number of carbonyl (C=O) groups excluding carboxylic acids is 2. The highest BCUT2D eigenvalue weighted by Crippen LogP contribution is 2.20. The van der Waals surface area contributed by atoms with Gasteiger partial charge in [0.25, 0.3) is 5.91 Å². The van der Waals surface area contributed by atoms with Crippen LogP contribution in [0.5, 0.6) is 0 Å². The van der Waals surface area contributed by atoms with Crippen molar-refractivity contribution in [1.29, 1.82) is 0 Å². The molecular formula is C16H25N3O2. The molecule has 1 aromatic rings. The summed E-state index contributed by atoms with van der Waals surface area (Å²) < 4.78 is 1.87. The second-order valence-electron chi connectivity index (χ2n) is 6.98. The van der Waals surface area contributed by atoms with Gasteiger partial charge >= 0.3 is 0 Å². The zero-order valence-corrected chi connectivity index (χ0v) is 13.4. The Morgan fingerprint density at radius 3 is 2.14 bits per heavy atom. The molecule has 5 heteroatoms. The number of carbonyl (C=O) groups is 2. The smallest absolute Gasteiger partial charge is 0.255 e. The number of piperazine rings is 1. The second-order valence-corrected chi connectivity index (χ2v) is 6.98. The summed E-state index contributed by atoms with van der Waals surface area (Å²) in [6.07, 6.45) is 4.26. The summed E-state index contributed by atoms with van der Waals surface area (Å²) in [6.45, 7) is 8.70. The Hall–Kier alpha value is -1.78. The average Bonchev–Trinajstić information content (AvgIpc) is 2.83. The van der Waals surface area contributed by atoms with Crippen molar-refractivity contribution < 1.29 is 9.59 Å². The molecule has 0 N–H and O–H groups in total. The van der Waals surface area contributed by atoms with Gasteiger partial charge in [-0.2, -0.15) is 0 Å². The first kappa shape index (κ1) is 15.6. The highest BCUT2D eigenvalue weighted by Gasteiger charge is 2.27. The third kappa shape index (κ3) is 4.09. The van der Waals surface area contributed by atoms with E-state index in [0.717, 1.165) is 0 Å². The molecule has 0 saturated carbocycles. The first-order valence-electron chi connectivity index (χ1n) is 7.45. The van der Waals surface area contributed by atoms with Gasteiger partial charge in [-0.1, -0.05) is 20.8 Å². The number of rotatable bonds is 2. The average molecular weight is 291 g/mol. The summed E-state index contributed by atoms with van der Waals surface area (Å²) in [6, 6.07) is 1.83. The lowest BCUT2D eigenvalue weighted by Gasteiger charge is -2.35. The van der Waals surface area contributed by atoms with Gasteiger partial charge in [0.05, 0.1) is 5.56 Å². The van der Waals surface area contributed by atoms with Gasteiger partial charge < -0.3 is 14.4 Å². The first-order valence-corrected chi connectivity index (χ1v) is 7.45.